The Morgan fingerprint density at radius 1 is 1.00 bits per heavy atom. The van der Waals surface area contributed by atoms with Crippen LogP contribution < -0.4 is 10.5 Å². The second-order valence-electron chi connectivity index (χ2n) is 8.49. The Bertz CT molecular complexity index is 1610. The average molecular weight is 474 g/mol. The minimum atomic E-state index is -3.31. The van der Waals surface area contributed by atoms with Gasteiger partial charge >= 0.3 is 0 Å². The van der Waals surface area contributed by atoms with Gasteiger partial charge < -0.3 is 4.90 Å². The summed E-state index contributed by atoms with van der Waals surface area (Å²) in [4.78, 5) is 32.9. The number of nitrogens with zero attached hydrogens (tertiary/aromatic N) is 3. The summed E-state index contributed by atoms with van der Waals surface area (Å²) in [5.41, 5.74) is 3.20. The molecule has 0 saturated carbocycles. The zero-order valence-corrected chi connectivity index (χ0v) is 19.7. The van der Waals surface area contributed by atoms with Crippen molar-refractivity contribution in [3.05, 3.63) is 94.0 Å². The molecule has 0 N–H and O–H groups in total. The standard InChI is InChI=1S/C26H23N3O4S/c1-17-27-23-8-4-3-7-22(23)26(31)29(17)20-11-9-18(10-12-20)25(30)28-15-5-6-19-16-21(34(2,32)33)13-14-24(19)28/h3-4,7-14,16H,5-6,15H2,1-2H3. The van der Waals surface area contributed by atoms with Gasteiger partial charge in [0.05, 0.1) is 21.5 Å². The van der Waals surface area contributed by atoms with Gasteiger partial charge in [-0.1, -0.05) is 12.1 Å². The topological polar surface area (TPSA) is 89.3 Å². The minimum absolute atomic E-state index is 0.159. The van der Waals surface area contributed by atoms with E-state index < -0.39 is 9.84 Å². The molecule has 0 radical (unpaired) electrons. The maximum absolute atomic E-state index is 13.3. The predicted octanol–water partition coefficient (Wildman–Crippen LogP) is 3.69. The molecule has 0 saturated heterocycles. The molecule has 8 heteroatoms. The maximum atomic E-state index is 13.3. The van der Waals surface area contributed by atoms with Crippen LogP contribution in [0.4, 0.5) is 5.69 Å². The van der Waals surface area contributed by atoms with E-state index >= 15 is 0 Å². The molecule has 0 aliphatic carbocycles. The molecule has 0 spiro atoms. The highest BCUT2D eigenvalue weighted by molar-refractivity contribution is 7.90. The van der Waals surface area contributed by atoms with Crippen molar-refractivity contribution in [2.75, 3.05) is 17.7 Å². The van der Waals surface area contributed by atoms with E-state index in [1.54, 1.807) is 64.9 Å². The molecular formula is C26H23N3O4S. The fraction of sp³-hybridized carbons (Fsp3) is 0.192. The molecule has 4 aromatic rings. The summed E-state index contributed by atoms with van der Waals surface area (Å²) in [7, 11) is -3.31. The number of benzene rings is 3. The van der Waals surface area contributed by atoms with Crippen molar-refractivity contribution in [3.8, 4) is 5.69 Å². The number of aromatic nitrogens is 2. The number of aryl methyl sites for hydroxylation is 2. The Labute approximate surface area is 197 Å². The fourth-order valence-corrected chi connectivity index (χ4v) is 5.14. The third-order valence-corrected chi connectivity index (χ3v) is 7.27. The van der Waals surface area contributed by atoms with E-state index in [4.69, 9.17) is 0 Å². The summed E-state index contributed by atoms with van der Waals surface area (Å²) in [6.45, 7) is 2.33. The summed E-state index contributed by atoms with van der Waals surface area (Å²) in [6.07, 6.45) is 2.65. The number of amides is 1. The van der Waals surface area contributed by atoms with Crippen LogP contribution in [0, 0.1) is 6.92 Å². The van der Waals surface area contributed by atoms with Gasteiger partial charge in [0, 0.05) is 24.1 Å². The van der Waals surface area contributed by atoms with Crippen LogP contribution in [0.2, 0.25) is 0 Å². The van der Waals surface area contributed by atoms with Crippen LogP contribution in [0.3, 0.4) is 0 Å². The van der Waals surface area contributed by atoms with E-state index in [2.05, 4.69) is 4.98 Å². The summed E-state index contributed by atoms with van der Waals surface area (Å²) in [5.74, 6) is 0.398. The Hall–Kier alpha value is -3.78. The third kappa shape index (κ3) is 3.80. The number of hydrogen-bond donors (Lipinski definition) is 0. The van der Waals surface area contributed by atoms with Crippen LogP contribution in [0.25, 0.3) is 16.6 Å². The molecule has 1 aliphatic rings. The molecule has 2 heterocycles. The summed E-state index contributed by atoms with van der Waals surface area (Å²) < 4.78 is 25.4. The van der Waals surface area contributed by atoms with Crippen molar-refractivity contribution in [2.45, 2.75) is 24.7 Å². The maximum Gasteiger partial charge on any atom is 0.265 e. The van der Waals surface area contributed by atoms with E-state index in [9.17, 15) is 18.0 Å². The first-order valence-corrected chi connectivity index (χ1v) is 12.9. The number of rotatable bonds is 3. The number of anilines is 1. The lowest BCUT2D eigenvalue weighted by atomic mass is 10.0. The molecule has 0 fully saturated rings. The molecular weight excluding hydrogens is 450 g/mol. The van der Waals surface area contributed by atoms with Crippen LogP contribution in [-0.4, -0.2) is 36.7 Å². The highest BCUT2D eigenvalue weighted by atomic mass is 32.2. The van der Waals surface area contributed by atoms with E-state index in [0.29, 0.717) is 34.5 Å². The van der Waals surface area contributed by atoms with Crippen molar-refractivity contribution in [3.63, 3.8) is 0 Å². The summed E-state index contributed by atoms with van der Waals surface area (Å²) >= 11 is 0. The molecule has 5 rings (SSSR count). The molecule has 0 bridgehead atoms. The molecule has 172 valence electrons. The fourth-order valence-electron chi connectivity index (χ4n) is 4.47. The number of para-hydroxylation sites is 1. The van der Waals surface area contributed by atoms with E-state index in [1.165, 1.54) is 6.26 Å². The first-order valence-electron chi connectivity index (χ1n) is 11.0. The molecule has 1 aromatic heterocycles. The molecule has 34 heavy (non-hydrogen) atoms. The Balaban J connectivity index is 1.48. The molecule has 0 atom stereocenters. The Morgan fingerprint density at radius 2 is 1.74 bits per heavy atom. The van der Waals surface area contributed by atoms with Crippen LogP contribution in [-0.2, 0) is 16.3 Å². The highest BCUT2D eigenvalue weighted by Crippen LogP contribution is 2.30. The first kappa shape index (κ1) is 22.0. The quantitative estimate of drug-likeness (QED) is 0.453. The number of hydrogen-bond acceptors (Lipinski definition) is 5. The normalized spacial score (nSPS) is 13.6. The van der Waals surface area contributed by atoms with Crippen molar-refractivity contribution >= 4 is 32.3 Å². The van der Waals surface area contributed by atoms with E-state index in [-0.39, 0.29) is 16.4 Å². The molecule has 0 unspecified atom stereocenters. The van der Waals surface area contributed by atoms with Gasteiger partial charge in [-0.2, -0.15) is 0 Å². The van der Waals surface area contributed by atoms with Crippen LogP contribution in [0.15, 0.2) is 76.4 Å². The monoisotopic (exact) mass is 473 g/mol. The number of carbonyl (C=O) groups is 1. The number of carbonyl (C=O) groups excluding carboxylic acids is 1. The summed E-state index contributed by atoms with van der Waals surface area (Å²) in [6, 6.07) is 19.0. The van der Waals surface area contributed by atoms with Gasteiger partial charge in [0.2, 0.25) is 0 Å². The number of fused-ring (bicyclic) bond motifs is 2. The highest BCUT2D eigenvalue weighted by Gasteiger charge is 2.25. The van der Waals surface area contributed by atoms with Crippen LogP contribution >= 0.6 is 0 Å². The van der Waals surface area contributed by atoms with Gasteiger partial charge in [-0.25, -0.2) is 13.4 Å². The summed E-state index contributed by atoms with van der Waals surface area (Å²) in [5, 5.41) is 0.534. The lowest BCUT2D eigenvalue weighted by Crippen LogP contribution is -2.35. The first-order chi connectivity index (χ1) is 16.2. The largest absolute Gasteiger partial charge is 0.308 e. The third-order valence-electron chi connectivity index (χ3n) is 6.16. The lowest BCUT2D eigenvalue weighted by Gasteiger charge is -2.30. The minimum Gasteiger partial charge on any atom is -0.308 e. The smallest absolute Gasteiger partial charge is 0.265 e. The van der Waals surface area contributed by atoms with Gasteiger partial charge in [0.15, 0.2) is 9.84 Å². The predicted molar refractivity (Wildman–Crippen MR) is 132 cm³/mol. The van der Waals surface area contributed by atoms with Crippen molar-refractivity contribution < 1.29 is 13.2 Å². The average Bonchev–Trinajstić information content (AvgIpc) is 2.83. The second kappa shape index (κ2) is 8.22. The van der Waals surface area contributed by atoms with Gasteiger partial charge in [-0.15, -0.1) is 0 Å². The van der Waals surface area contributed by atoms with Gasteiger partial charge in [0.25, 0.3) is 11.5 Å². The van der Waals surface area contributed by atoms with Crippen molar-refractivity contribution in [1.82, 2.24) is 9.55 Å². The van der Waals surface area contributed by atoms with Crippen LogP contribution in [0.1, 0.15) is 28.2 Å². The molecule has 7 nitrogen and oxygen atoms in total. The zero-order chi connectivity index (χ0) is 24.0. The van der Waals surface area contributed by atoms with Crippen LogP contribution in [0.5, 0.6) is 0 Å². The van der Waals surface area contributed by atoms with Gasteiger partial charge in [-0.05, 0) is 79.9 Å². The Kier molecular flexibility index (Phi) is 5.32. The lowest BCUT2D eigenvalue weighted by molar-refractivity contribution is 0.0985. The van der Waals surface area contributed by atoms with E-state index in [1.807, 2.05) is 18.2 Å². The molecule has 3 aromatic carbocycles. The number of sulfone groups is 1. The Morgan fingerprint density at radius 3 is 2.47 bits per heavy atom. The SMILES string of the molecule is Cc1nc2ccccc2c(=O)n1-c1ccc(C(=O)N2CCCc3cc(S(C)(=O)=O)ccc32)cc1. The van der Waals surface area contributed by atoms with Gasteiger partial charge in [-0.3, -0.25) is 14.2 Å². The van der Waals surface area contributed by atoms with Crippen molar-refractivity contribution in [1.29, 1.82) is 0 Å². The van der Waals surface area contributed by atoms with Gasteiger partial charge in [0.1, 0.15) is 5.82 Å². The zero-order valence-electron chi connectivity index (χ0n) is 18.9. The van der Waals surface area contributed by atoms with E-state index in [0.717, 1.165) is 24.1 Å². The van der Waals surface area contributed by atoms with Crippen molar-refractivity contribution in [2.24, 2.45) is 0 Å². The second-order valence-corrected chi connectivity index (χ2v) is 10.5. The molecule has 1 amide bonds. The molecule has 1 aliphatic heterocycles.